The van der Waals surface area contributed by atoms with E-state index >= 15 is 0 Å². The summed E-state index contributed by atoms with van der Waals surface area (Å²) in [4.78, 5) is 49.7. The van der Waals surface area contributed by atoms with Crippen LogP contribution in [0.2, 0.25) is 0 Å². The molecular formula is C23H22N2O6S. The molecule has 3 amide bonds. The summed E-state index contributed by atoms with van der Waals surface area (Å²) < 4.78 is 10.6. The zero-order valence-corrected chi connectivity index (χ0v) is 18.7. The molecule has 1 aliphatic rings. The average molecular weight is 455 g/mol. The van der Waals surface area contributed by atoms with Gasteiger partial charge in [-0.05, 0) is 67.1 Å². The first-order valence-corrected chi connectivity index (χ1v) is 10.7. The average Bonchev–Trinajstić information content (AvgIpc) is 2.97. The van der Waals surface area contributed by atoms with Crippen LogP contribution in [0, 0.1) is 6.92 Å². The summed E-state index contributed by atoms with van der Waals surface area (Å²) >= 11 is 0.754. The van der Waals surface area contributed by atoms with Crippen molar-refractivity contribution in [3.63, 3.8) is 0 Å². The van der Waals surface area contributed by atoms with E-state index in [9.17, 15) is 19.2 Å². The summed E-state index contributed by atoms with van der Waals surface area (Å²) in [5, 5.41) is 2.16. The smallest absolute Gasteiger partial charge is 0.308 e. The molecule has 32 heavy (non-hydrogen) atoms. The van der Waals surface area contributed by atoms with Gasteiger partial charge in [-0.15, -0.1) is 0 Å². The van der Waals surface area contributed by atoms with Crippen LogP contribution in [0.1, 0.15) is 25.0 Å². The number of hydrogen-bond donors (Lipinski definition) is 1. The summed E-state index contributed by atoms with van der Waals surface area (Å²) in [6, 6.07) is 12.0. The number of amides is 3. The van der Waals surface area contributed by atoms with Gasteiger partial charge in [-0.25, -0.2) is 0 Å². The third kappa shape index (κ3) is 5.76. The largest absolute Gasteiger partial charge is 0.490 e. The van der Waals surface area contributed by atoms with E-state index in [0.29, 0.717) is 23.6 Å². The van der Waals surface area contributed by atoms with Crippen LogP contribution in [0.4, 0.5) is 10.5 Å². The van der Waals surface area contributed by atoms with E-state index in [4.69, 9.17) is 9.47 Å². The summed E-state index contributed by atoms with van der Waals surface area (Å²) in [5.74, 6) is -0.903. The summed E-state index contributed by atoms with van der Waals surface area (Å²) in [6.07, 6.45) is 1.53. The predicted molar refractivity (Wildman–Crippen MR) is 121 cm³/mol. The van der Waals surface area contributed by atoms with Crippen molar-refractivity contribution >= 4 is 46.5 Å². The van der Waals surface area contributed by atoms with Gasteiger partial charge in [0.15, 0.2) is 11.5 Å². The Morgan fingerprint density at radius 3 is 2.59 bits per heavy atom. The molecule has 3 rings (SSSR count). The van der Waals surface area contributed by atoms with Crippen LogP contribution >= 0.6 is 11.8 Å². The first-order valence-electron chi connectivity index (χ1n) is 9.84. The van der Waals surface area contributed by atoms with E-state index in [1.807, 2.05) is 13.0 Å². The van der Waals surface area contributed by atoms with Crippen LogP contribution in [0.3, 0.4) is 0 Å². The molecule has 0 atom stereocenters. The number of carbonyl (C=O) groups excluding carboxylic acids is 4. The van der Waals surface area contributed by atoms with Crippen LogP contribution in [-0.4, -0.2) is 41.1 Å². The number of rotatable bonds is 7. The zero-order valence-electron chi connectivity index (χ0n) is 17.8. The van der Waals surface area contributed by atoms with Gasteiger partial charge in [0.2, 0.25) is 5.91 Å². The number of imide groups is 1. The fourth-order valence-electron chi connectivity index (χ4n) is 2.98. The lowest BCUT2D eigenvalue weighted by Crippen LogP contribution is -2.36. The van der Waals surface area contributed by atoms with Crippen molar-refractivity contribution in [2.24, 2.45) is 0 Å². The number of nitrogens with one attached hydrogen (secondary N) is 1. The number of nitrogens with zero attached hydrogens (tertiary/aromatic N) is 1. The van der Waals surface area contributed by atoms with E-state index in [1.165, 1.54) is 13.0 Å². The quantitative estimate of drug-likeness (QED) is 0.383. The fraction of sp³-hybridized carbons (Fsp3) is 0.217. The fourth-order valence-corrected chi connectivity index (χ4v) is 3.81. The molecule has 1 fully saturated rings. The number of ether oxygens (including phenoxy) is 2. The molecule has 1 aliphatic heterocycles. The van der Waals surface area contributed by atoms with Gasteiger partial charge in [0.25, 0.3) is 11.1 Å². The number of esters is 1. The Morgan fingerprint density at radius 2 is 1.91 bits per heavy atom. The Balaban J connectivity index is 1.74. The second-order valence-electron chi connectivity index (χ2n) is 6.92. The minimum atomic E-state index is -0.554. The lowest BCUT2D eigenvalue weighted by Gasteiger charge is -2.12. The topological polar surface area (TPSA) is 102 Å². The van der Waals surface area contributed by atoms with Crippen molar-refractivity contribution in [3.05, 3.63) is 58.5 Å². The first kappa shape index (κ1) is 23.1. The second kappa shape index (κ2) is 10.1. The SMILES string of the molecule is CCOc1cc(/C=C2/SC(=O)N(CC(=O)Nc3cccc(C)c3)C2=O)ccc1OC(C)=O. The molecule has 166 valence electrons. The van der Waals surface area contributed by atoms with Gasteiger partial charge in [0.1, 0.15) is 6.54 Å². The van der Waals surface area contributed by atoms with Crippen molar-refractivity contribution < 1.29 is 28.7 Å². The normalized spacial score (nSPS) is 14.6. The maximum atomic E-state index is 12.7. The molecule has 2 aromatic rings. The third-order valence-corrected chi connectivity index (χ3v) is 5.20. The van der Waals surface area contributed by atoms with Crippen molar-refractivity contribution in [2.45, 2.75) is 20.8 Å². The lowest BCUT2D eigenvalue weighted by atomic mass is 10.2. The van der Waals surface area contributed by atoms with E-state index in [1.54, 1.807) is 43.3 Å². The molecule has 0 aromatic heterocycles. The molecule has 0 bridgehead atoms. The number of carbonyl (C=O) groups is 4. The minimum Gasteiger partial charge on any atom is -0.490 e. The van der Waals surface area contributed by atoms with Crippen molar-refractivity contribution in [2.75, 3.05) is 18.5 Å². The van der Waals surface area contributed by atoms with E-state index in [2.05, 4.69) is 5.32 Å². The molecule has 1 N–H and O–H groups in total. The highest BCUT2D eigenvalue weighted by molar-refractivity contribution is 8.18. The number of hydrogen-bond acceptors (Lipinski definition) is 7. The summed E-state index contributed by atoms with van der Waals surface area (Å²) in [5.41, 5.74) is 2.15. The van der Waals surface area contributed by atoms with Gasteiger partial charge in [-0.3, -0.25) is 24.1 Å². The van der Waals surface area contributed by atoms with Crippen LogP contribution in [-0.2, 0) is 14.4 Å². The lowest BCUT2D eigenvalue weighted by molar-refractivity contribution is -0.132. The second-order valence-corrected chi connectivity index (χ2v) is 7.91. The summed E-state index contributed by atoms with van der Waals surface area (Å²) in [6.45, 7) is 4.94. The minimum absolute atomic E-state index is 0.182. The Labute approximate surface area is 189 Å². The molecule has 1 saturated heterocycles. The Hall–Kier alpha value is -3.59. The number of aryl methyl sites for hydroxylation is 1. The van der Waals surface area contributed by atoms with Crippen LogP contribution in [0.25, 0.3) is 6.08 Å². The molecule has 9 heteroatoms. The van der Waals surface area contributed by atoms with Gasteiger partial charge >= 0.3 is 5.97 Å². The van der Waals surface area contributed by atoms with Crippen molar-refractivity contribution in [1.29, 1.82) is 0 Å². The molecule has 8 nitrogen and oxygen atoms in total. The van der Waals surface area contributed by atoms with Crippen molar-refractivity contribution in [3.8, 4) is 11.5 Å². The van der Waals surface area contributed by atoms with E-state index in [-0.39, 0.29) is 17.2 Å². The number of benzene rings is 2. The van der Waals surface area contributed by atoms with Gasteiger partial charge in [0.05, 0.1) is 11.5 Å². The van der Waals surface area contributed by atoms with E-state index < -0.39 is 23.0 Å². The maximum Gasteiger partial charge on any atom is 0.308 e. The molecule has 0 radical (unpaired) electrons. The van der Waals surface area contributed by atoms with E-state index in [0.717, 1.165) is 22.2 Å². The monoisotopic (exact) mass is 454 g/mol. The molecule has 1 heterocycles. The highest BCUT2D eigenvalue weighted by atomic mass is 32.2. The Morgan fingerprint density at radius 1 is 1.12 bits per heavy atom. The molecule has 0 spiro atoms. The zero-order chi connectivity index (χ0) is 23.3. The molecule has 0 aliphatic carbocycles. The first-order chi connectivity index (χ1) is 15.3. The third-order valence-electron chi connectivity index (χ3n) is 4.30. The molecule has 2 aromatic carbocycles. The summed E-state index contributed by atoms with van der Waals surface area (Å²) in [7, 11) is 0. The molecular weight excluding hydrogens is 432 g/mol. The van der Waals surface area contributed by atoms with Crippen LogP contribution < -0.4 is 14.8 Å². The number of thioether (sulfide) groups is 1. The Bertz CT molecular complexity index is 1110. The molecule has 0 unspecified atom stereocenters. The highest BCUT2D eigenvalue weighted by Crippen LogP contribution is 2.34. The highest BCUT2D eigenvalue weighted by Gasteiger charge is 2.36. The Kier molecular flexibility index (Phi) is 7.32. The standard InChI is InChI=1S/C23H22N2O6S/c1-4-30-19-11-16(8-9-18(19)31-15(3)26)12-20-22(28)25(23(29)32-20)13-21(27)24-17-7-5-6-14(2)10-17/h5-12H,4,13H2,1-3H3,(H,24,27)/b20-12+. The van der Waals surface area contributed by atoms with Gasteiger partial charge in [0, 0.05) is 12.6 Å². The predicted octanol–water partition coefficient (Wildman–Crippen LogP) is 3.99. The van der Waals surface area contributed by atoms with Gasteiger partial charge in [-0.1, -0.05) is 18.2 Å². The van der Waals surface area contributed by atoms with Crippen LogP contribution in [0.15, 0.2) is 47.4 Å². The maximum absolute atomic E-state index is 12.7. The van der Waals surface area contributed by atoms with Crippen molar-refractivity contribution in [1.82, 2.24) is 4.90 Å². The van der Waals surface area contributed by atoms with Gasteiger partial charge in [-0.2, -0.15) is 0 Å². The van der Waals surface area contributed by atoms with Crippen LogP contribution in [0.5, 0.6) is 11.5 Å². The van der Waals surface area contributed by atoms with Gasteiger partial charge < -0.3 is 14.8 Å². The number of anilines is 1. The molecule has 0 saturated carbocycles.